The number of hydrogen-bond donors (Lipinski definition) is 2. The molecule has 6 heteroatoms. The van der Waals surface area contributed by atoms with Crippen LogP contribution in [0.25, 0.3) is 0 Å². The van der Waals surface area contributed by atoms with Gasteiger partial charge in [0.05, 0.1) is 6.04 Å². The topological polar surface area (TPSA) is 69.6 Å². The van der Waals surface area contributed by atoms with E-state index in [0.717, 1.165) is 0 Å². The van der Waals surface area contributed by atoms with Gasteiger partial charge in [-0.2, -0.15) is 0 Å². The monoisotopic (exact) mass is 266 g/mol. The SMILES string of the molecule is O=C(CO)NC1CC(=O)N(Cc2cccc(F)c2)C1. The van der Waals surface area contributed by atoms with E-state index in [1.807, 2.05) is 0 Å². The van der Waals surface area contributed by atoms with Crippen LogP contribution in [0.2, 0.25) is 0 Å². The maximum absolute atomic E-state index is 13.0. The molecule has 0 aliphatic carbocycles. The van der Waals surface area contributed by atoms with E-state index in [9.17, 15) is 14.0 Å². The van der Waals surface area contributed by atoms with Crippen LogP contribution >= 0.6 is 0 Å². The highest BCUT2D eigenvalue weighted by Crippen LogP contribution is 2.15. The van der Waals surface area contributed by atoms with Crippen LogP contribution in [0.3, 0.4) is 0 Å². The first-order chi connectivity index (χ1) is 9.08. The van der Waals surface area contributed by atoms with Gasteiger partial charge in [0.15, 0.2) is 0 Å². The molecule has 0 aromatic heterocycles. The van der Waals surface area contributed by atoms with Gasteiger partial charge in [-0.15, -0.1) is 0 Å². The van der Waals surface area contributed by atoms with Gasteiger partial charge in [0, 0.05) is 19.5 Å². The van der Waals surface area contributed by atoms with Gasteiger partial charge in [0.1, 0.15) is 12.4 Å². The summed E-state index contributed by atoms with van der Waals surface area (Å²) >= 11 is 0. The summed E-state index contributed by atoms with van der Waals surface area (Å²) in [5.41, 5.74) is 0.711. The fourth-order valence-corrected chi connectivity index (χ4v) is 2.15. The normalized spacial score (nSPS) is 18.7. The molecule has 1 heterocycles. The zero-order valence-corrected chi connectivity index (χ0v) is 10.3. The van der Waals surface area contributed by atoms with Crippen molar-refractivity contribution in [2.75, 3.05) is 13.2 Å². The van der Waals surface area contributed by atoms with Crippen LogP contribution in [0.15, 0.2) is 24.3 Å². The molecule has 1 saturated heterocycles. The number of rotatable bonds is 4. The lowest BCUT2D eigenvalue weighted by molar-refractivity contribution is -0.128. The molecule has 1 unspecified atom stereocenters. The molecule has 1 aromatic rings. The molecule has 2 amide bonds. The summed E-state index contributed by atoms with van der Waals surface area (Å²) in [6.07, 6.45) is 0.209. The highest BCUT2D eigenvalue weighted by molar-refractivity contribution is 5.82. The minimum Gasteiger partial charge on any atom is -0.387 e. The number of hydrogen-bond acceptors (Lipinski definition) is 3. The number of nitrogens with zero attached hydrogens (tertiary/aromatic N) is 1. The summed E-state index contributed by atoms with van der Waals surface area (Å²) in [4.78, 5) is 24.4. The largest absolute Gasteiger partial charge is 0.387 e. The van der Waals surface area contributed by atoms with E-state index in [4.69, 9.17) is 5.11 Å². The first kappa shape index (κ1) is 13.5. The molecule has 0 saturated carbocycles. The first-order valence-electron chi connectivity index (χ1n) is 6.01. The van der Waals surface area contributed by atoms with Crippen molar-refractivity contribution in [3.8, 4) is 0 Å². The molecule has 1 fully saturated rings. The maximum atomic E-state index is 13.0. The molecule has 5 nitrogen and oxygen atoms in total. The molecule has 0 bridgehead atoms. The zero-order chi connectivity index (χ0) is 13.8. The molecule has 19 heavy (non-hydrogen) atoms. The third-order valence-electron chi connectivity index (χ3n) is 2.99. The minimum atomic E-state index is -0.589. The van der Waals surface area contributed by atoms with E-state index >= 15 is 0 Å². The third-order valence-corrected chi connectivity index (χ3v) is 2.99. The number of amides is 2. The van der Waals surface area contributed by atoms with E-state index in [1.165, 1.54) is 12.1 Å². The zero-order valence-electron chi connectivity index (χ0n) is 10.3. The van der Waals surface area contributed by atoms with Crippen LogP contribution in [0, 0.1) is 5.82 Å². The molecule has 2 rings (SSSR count). The maximum Gasteiger partial charge on any atom is 0.245 e. The second kappa shape index (κ2) is 5.79. The van der Waals surface area contributed by atoms with Crippen LogP contribution in [0.1, 0.15) is 12.0 Å². The Labute approximate surface area is 110 Å². The smallest absolute Gasteiger partial charge is 0.245 e. The molecule has 1 atom stereocenters. The Morgan fingerprint density at radius 2 is 2.32 bits per heavy atom. The van der Waals surface area contributed by atoms with E-state index in [0.29, 0.717) is 18.7 Å². The molecular weight excluding hydrogens is 251 g/mol. The van der Waals surface area contributed by atoms with Crippen LogP contribution < -0.4 is 5.32 Å². The summed E-state index contributed by atoms with van der Waals surface area (Å²) in [7, 11) is 0. The number of halogens is 1. The van der Waals surface area contributed by atoms with Gasteiger partial charge in [-0.05, 0) is 17.7 Å². The van der Waals surface area contributed by atoms with Crippen LogP contribution in [0.5, 0.6) is 0 Å². The van der Waals surface area contributed by atoms with Crippen LogP contribution in [0.4, 0.5) is 4.39 Å². The fourth-order valence-electron chi connectivity index (χ4n) is 2.15. The summed E-state index contributed by atoms with van der Waals surface area (Å²) in [5.74, 6) is -0.924. The second-order valence-electron chi connectivity index (χ2n) is 4.53. The minimum absolute atomic E-state index is 0.0903. The summed E-state index contributed by atoms with van der Waals surface area (Å²) < 4.78 is 13.0. The molecular formula is C13H15FN2O3. The van der Waals surface area contributed by atoms with Gasteiger partial charge in [-0.3, -0.25) is 9.59 Å². The van der Waals surface area contributed by atoms with Crippen molar-refractivity contribution in [1.82, 2.24) is 10.2 Å². The molecule has 1 aliphatic heterocycles. The molecule has 1 aromatic carbocycles. The van der Waals surface area contributed by atoms with Crippen molar-refractivity contribution in [3.05, 3.63) is 35.6 Å². The van der Waals surface area contributed by atoms with E-state index in [-0.39, 0.29) is 24.2 Å². The van der Waals surface area contributed by atoms with Crippen molar-refractivity contribution in [1.29, 1.82) is 0 Å². The number of benzene rings is 1. The van der Waals surface area contributed by atoms with Crippen molar-refractivity contribution < 1.29 is 19.1 Å². The van der Waals surface area contributed by atoms with Crippen LogP contribution in [-0.4, -0.2) is 41.0 Å². The molecule has 0 radical (unpaired) electrons. The van der Waals surface area contributed by atoms with Crippen molar-refractivity contribution in [3.63, 3.8) is 0 Å². The van der Waals surface area contributed by atoms with Gasteiger partial charge in [0.25, 0.3) is 0 Å². The van der Waals surface area contributed by atoms with E-state index in [2.05, 4.69) is 5.32 Å². The number of aliphatic hydroxyl groups excluding tert-OH is 1. The van der Waals surface area contributed by atoms with Gasteiger partial charge in [0.2, 0.25) is 11.8 Å². The molecule has 2 N–H and O–H groups in total. The van der Waals surface area contributed by atoms with Crippen LogP contribution in [-0.2, 0) is 16.1 Å². The Hall–Kier alpha value is -1.95. The second-order valence-corrected chi connectivity index (χ2v) is 4.53. The van der Waals surface area contributed by atoms with Gasteiger partial charge in [-0.25, -0.2) is 4.39 Å². The summed E-state index contributed by atoms with van der Waals surface area (Å²) in [5, 5.41) is 11.2. The van der Waals surface area contributed by atoms with E-state index < -0.39 is 12.5 Å². The number of carbonyl (C=O) groups excluding carboxylic acids is 2. The van der Waals surface area contributed by atoms with Gasteiger partial charge in [-0.1, -0.05) is 12.1 Å². The average Bonchev–Trinajstić information content (AvgIpc) is 2.69. The molecule has 1 aliphatic rings. The third kappa shape index (κ3) is 3.51. The highest BCUT2D eigenvalue weighted by atomic mass is 19.1. The lowest BCUT2D eigenvalue weighted by Gasteiger charge is -2.17. The summed E-state index contributed by atoms with van der Waals surface area (Å²) in [6, 6.07) is 5.78. The predicted octanol–water partition coefficient (Wildman–Crippen LogP) is 0.0351. The van der Waals surface area contributed by atoms with Crippen molar-refractivity contribution in [2.24, 2.45) is 0 Å². The van der Waals surface area contributed by atoms with Gasteiger partial charge >= 0.3 is 0 Å². The lowest BCUT2D eigenvalue weighted by atomic mass is 10.2. The number of carbonyl (C=O) groups is 2. The fraction of sp³-hybridized carbons (Fsp3) is 0.385. The van der Waals surface area contributed by atoms with Crippen molar-refractivity contribution >= 4 is 11.8 Å². The Morgan fingerprint density at radius 1 is 1.53 bits per heavy atom. The number of likely N-dealkylation sites (tertiary alicyclic amines) is 1. The Kier molecular flexibility index (Phi) is 4.11. The Morgan fingerprint density at radius 3 is 3.00 bits per heavy atom. The first-order valence-corrected chi connectivity index (χ1v) is 6.01. The van der Waals surface area contributed by atoms with Gasteiger partial charge < -0.3 is 15.3 Å². The Balaban J connectivity index is 1.95. The van der Waals surface area contributed by atoms with Crippen molar-refractivity contribution in [2.45, 2.75) is 19.0 Å². The summed E-state index contributed by atoms with van der Waals surface area (Å²) in [6.45, 7) is 0.109. The average molecular weight is 266 g/mol. The molecule has 102 valence electrons. The van der Waals surface area contributed by atoms with E-state index in [1.54, 1.807) is 17.0 Å². The standard InChI is InChI=1S/C13H15FN2O3/c14-10-3-1-2-9(4-10)6-16-7-11(5-13(16)19)15-12(18)8-17/h1-4,11,17H,5-8H2,(H,15,18). The quantitative estimate of drug-likeness (QED) is 0.808. The highest BCUT2D eigenvalue weighted by Gasteiger charge is 2.30. The number of nitrogens with one attached hydrogen (secondary N) is 1. The molecule has 0 spiro atoms. The number of aliphatic hydroxyl groups is 1. The lowest BCUT2D eigenvalue weighted by Crippen LogP contribution is -2.38. The Bertz CT molecular complexity index is 493. The predicted molar refractivity (Wildman–Crippen MR) is 65.5 cm³/mol.